The fraction of sp³-hybridized carbons (Fsp3) is 0.444. The molecule has 2 atom stereocenters. The molecule has 7 nitrogen and oxygen atoms in total. The van der Waals surface area contributed by atoms with Crippen molar-refractivity contribution >= 4 is 11.9 Å². The second-order valence-corrected chi connectivity index (χ2v) is 6.72. The van der Waals surface area contributed by atoms with Crippen LogP contribution >= 0.6 is 0 Å². The Morgan fingerprint density at radius 2 is 1.96 bits per heavy atom. The minimum Gasteiger partial charge on any atom is -0.481 e. The maximum atomic E-state index is 12.6. The number of likely N-dealkylation sites (tertiary alicyclic amines) is 1. The number of amides is 1. The van der Waals surface area contributed by atoms with E-state index in [0.717, 1.165) is 11.4 Å². The van der Waals surface area contributed by atoms with Gasteiger partial charge in [-0.1, -0.05) is 30.3 Å². The molecule has 0 radical (unpaired) electrons. The van der Waals surface area contributed by atoms with Gasteiger partial charge >= 0.3 is 5.97 Å². The van der Waals surface area contributed by atoms with E-state index < -0.39 is 11.9 Å². The maximum Gasteiger partial charge on any atom is 0.308 e. The zero-order valence-corrected chi connectivity index (χ0v) is 14.4. The lowest BCUT2D eigenvalue weighted by atomic mass is 9.90. The minimum absolute atomic E-state index is 0.0963. The van der Waals surface area contributed by atoms with Crippen molar-refractivity contribution in [1.82, 2.24) is 19.9 Å². The van der Waals surface area contributed by atoms with Crippen LogP contribution in [0.2, 0.25) is 0 Å². The van der Waals surface area contributed by atoms with Crippen molar-refractivity contribution in [3.05, 3.63) is 41.7 Å². The summed E-state index contributed by atoms with van der Waals surface area (Å²) in [6.45, 7) is 4.72. The highest BCUT2D eigenvalue weighted by Gasteiger charge is 2.32. The lowest BCUT2D eigenvalue weighted by Gasteiger charge is -2.34. The van der Waals surface area contributed by atoms with Gasteiger partial charge in [-0.2, -0.15) is 0 Å². The monoisotopic (exact) mass is 342 g/mol. The molecular formula is C18H22N4O3. The van der Waals surface area contributed by atoms with Crippen molar-refractivity contribution < 1.29 is 14.7 Å². The second-order valence-electron chi connectivity index (χ2n) is 6.72. The van der Waals surface area contributed by atoms with Gasteiger partial charge in [0.2, 0.25) is 5.91 Å². The van der Waals surface area contributed by atoms with Gasteiger partial charge in [-0.05, 0) is 31.4 Å². The van der Waals surface area contributed by atoms with E-state index in [4.69, 9.17) is 0 Å². The Labute approximate surface area is 146 Å². The third-order valence-electron chi connectivity index (χ3n) is 4.67. The first-order valence-electron chi connectivity index (χ1n) is 8.43. The normalized spacial score (nSPS) is 20.5. The van der Waals surface area contributed by atoms with Gasteiger partial charge in [0.05, 0.1) is 29.4 Å². The summed E-state index contributed by atoms with van der Waals surface area (Å²) in [7, 11) is 0. The summed E-state index contributed by atoms with van der Waals surface area (Å²) >= 11 is 0. The van der Waals surface area contributed by atoms with Crippen LogP contribution in [0, 0.1) is 18.8 Å². The quantitative estimate of drug-likeness (QED) is 0.913. The van der Waals surface area contributed by atoms with Gasteiger partial charge in [0.25, 0.3) is 0 Å². The molecule has 1 amide bonds. The van der Waals surface area contributed by atoms with E-state index >= 15 is 0 Å². The molecule has 1 N–H and O–H groups in total. The van der Waals surface area contributed by atoms with Gasteiger partial charge < -0.3 is 10.0 Å². The van der Waals surface area contributed by atoms with Crippen molar-refractivity contribution in [3.8, 4) is 5.69 Å². The molecule has 2 heterocycles. The summed E-state index contributed by atoms with van der Waals surface area (Å²) < 4.78 is 1.71. The molecular weight excluding hydrogens is 320 g/mol. The molecule has 25 heavy (non-hydrogen) atoms. The van der Waals surface area contributed by atoms with E-state index in [1.54, 1.807) is 9.58 Å². The van der Waals surface area contributed by atoms with Crippen LogP contribution in [0.4, 0.5) is 0 Å². The van der Waals surface area contributed by atoms with Crippen LogP contribution in [-0.4, -0.2) is 50.0 Å². The molecule has 0 bridgehead atoms. The highest BCUT2D eigenvalue weighted by atomic mass is 16.4. The summed E-state index contributed by atoms with van der Waals surface area (Å²) in [5, 5.41) is 17.5. The van der Waals surface area contributed by atoms with Crippen molar-refractivity contribution in [1.29, 1.82) is 0 Å². The number of nitrogens with zero attached hydrogens (tertiary/aromatic N) is 4. The number of carboxylic acid groups (broad SMARTS) is 1. The molecule has 2 aromatic rings. The number of carboxylic acids is 1. The highest BCUT2D eigenvalue weighted by molar-refractivity contribution is 5.80. The molecule has 1 aliphatic rings. The van der Waals surface area contributed by atoms with Crippen molar-refractivity contribution in [3.63, 3.8) is 0 Å². The van der Waals surface area contributed by atoms with Crippen LogP contribution in [0.15, 0.2) is 30.3 Å². The van der Waals surface area contributed by atoms with E-state index in [9.17, 15) is 14.7 Å². The van der Waals surface area contributed by atoms with Gasteiger partial charge in [-0.3, -0.25) is 9.59 Å². The summed E-state index contributed by atoms with van der Waals surface area (Å²) in [4.78, 5) is 25.6. The van der Waals surface area contributed by atoms with Gasteiger partial charge in [0.15, 0.2) is 0 Å². The number of carbonyl (C=O) groups excluding carboxylic acids is 1. The Balaban J connectivity index is 1.73. The van der Waals surface area contributed by atoms with Gasteiger partial charge in [0, 0.05) is 13.1 Å². The lowest BCUT2D eigenvalue weighted by Crippen LogP contribution is -2.46. The Hall–Kier alpha value is -2.70. The number of aromatic nitrogens is 3. The fourth-order valence-corrected chi connectivity index (χ4v) is 3.33. The largest absolute Gasteiger partial charge is 0.481 e. The number of piperidine rings is 1. The Kier molecular flexibility index (Phi) is 4.83. The topological polar surface area (TPSA) is 88.3 Å². The number of para-hydroxylation sites is 1. The van der Waals surface area contributed by atoms with Crippen molar-refractivity contribution in [2.45, 2.75) is 26.7 Å². The third kappa shape index (κ3) is 3.70. The lowest BCUT2D eigenvalue weighted by molar-refractivity contribution is -0.146. The standard InChI is InChI=1S/C18H22N4O3/c1-12-8-14(18(24)25)11-21(10-12)17(23)9-16-13(2)22(20-19-16)15-6-4-3-5-7-15/h3-7,12,14H,8-11H2,1-2H3,(H,24,25). The number of benzene rings is 1. The fourth-order valence-electron chi connectivity index (χ4n) is 3.33. The summed E-state index contributed by atoms with van der Waals surface area (Å²) in [5.74, 6) is -1.25. The van der Waals surface area contributed by atoms with Gasteiger partial charge in [-0.15, -0.1) is 5.10 Å². The number of hydrogen-bond donors (Lipinski definition) is 1. The summed E-state index contributed by atoms with van der Waals surface area (Å²) in [6, 6.07) is 9.62. The van der Waals surface area contributed by atoms with Gasteiger partial charge in [0.1, 0.15) is 0 Å². The minimum atomic E-state index is -0.837. The Morgan fingerprint density at radius 1 is 1.24 bits per heavy atom. The van der Waals surface area contributed by atoms with E-state index in [2.05, 4.69) is 10.3 Å². The van der Waals surface area contributed by atoms with Crippen LogP contribution in [0.5, 0.6) is 0 Å². The SMILES string of the molecule is Cc1c(CC(=O)N2CC(C)CC(C(=O)O)C2)nnn1-c1ccccc1. The number of rotatable bonds is 4. The molecule has 0 aliphatic carbocycles. The van der Waals surface area contributed by atoms with Crippen LogP contribution in [0.3, 0.4) is 0 Å². The second kappa shape index (κ2) is 7.04. The number of carbonyl (C=O) groups is 2. The Morgan fingerprint density at radius 3 is 2.64 bits per heavy atom. The average Bonchev–Trinajstić information content (AvgIpc) is 2.95. The average molecular weight is 342 g/mol. The van der Waals surface area contributed by atoms with Crippen molar-refractivity contribution in [2.75, 3.05) is 13.1 Å². The van der Waals surface area contributed by atoms with Crippen LogP contribution in [0.1, 0.15) is 24.7 Å². The van der Waals surface area contributed by atoms with Crippen LogP contribution in [-0.2, 0) is 16.0 Å². The predicted octanol–water partition coefficient (Wildman–Crippen LogP) is 1.69. The zero-order chi connectivity index (χ0) is 18.0. The third-order valence-corrected chi connectivity index (χ3v) is 4.67. The van der Waals surface area contributed by atoms with E-state index in [1.165, 1.54) is 0 Å². The van der Waals surface area contributed by atoms with E-state index in [1.807, 2.05) is 44.2 Å². The summed E-state index contributed by atoms with van der Waals surface area (Å²) in [6.07, 6.45) is 0.750. The van der Waals surface area contributed by atoms with Crippen molar-refractivity contribution in [2.24, 2.45) is 11.8 Å². The highest BCUT2D eigenvalue weighted by Crippen LogP contribution is 2.23. The first-order valence-corrected chi connectivity index (χ1v) is 8.43. The molecule has 1 aromatic heterocycles. The molecule has 0 saturated carbocycles. The zero-order valence-electron chi connectivity index (χ0n) is 14.4. The number of hydrogen-bond acceptors (Lipinski definition) is 4. The smallest absolute Gasteiger partial charge is 0.308 e. The molecule has 0 spiro atoms. The van der Waals surface area contributed by atoms with Crippen LogP contribution in [0.25, 0.3) is 5.69 Å². The molecule has 1 aliphatic heterocycles. The molecule has 1 aromatic carbocycles. The first kappa shape index (κ1) is 17.1. The molecule has 1 saturated heterocycles. The predicted molar refractivity (Wildman–Crippen MR) is 91.3 cm³/mol. The number of aliphatic carboxylic acids is 1. The maximum absolute atomic E-state index is 12.6. The van der Waals surface area contributed by atoms with E-state index in [-0.39, 0.29) is 24.8 Å². The summed E-state index contributed by atoms with van der Waals surface area (Å²) in [5.41, 5.74) is 2.34. The molecule has 132 valence electrons. The first-order chi connectivity index (χ1) is 12.0. The Bertz CT molecular complexity index is 772. The van der Waals surface area contributed by atoms with Crippen LogP contribution < -0.4 is 0 Å². The molecule has 1 fully saturated rings. The molecule has 7 heteroatoms. The molecule has 3 rings (SSSR count). The van der Waals surface area contributed by atoms with E-state index in [0.29, 0.717) is 18.7 Å². The van der Waals surface area contributed by atoms with Gasteiger partial charge in [-0.25, -0.2) is 4.68 Å². The molecule has 2 unspecified atom stereocenters.